The average molecular weight is 626 g/mol. The van der Waals surface area contributed by atoms with Gasteiger partial charge >= 0.3 is 6.55 Å². The number of ketones is 1. The molecule has 12 heteroatoms. The zero-order chi connectivity index (χ0) is 32.0. The molecular weight excluding hydrogens is 610 g/mol. The second-order valence-corrected chi connectivity index (χ2v) is 10.1. The number of rotatable bonds is 5. The molecule has 2 nitrogen and oxygen atoms in total. The Hall–Kier alpha value is -5.26. The number of halogens is 9. The minimum absolute atomic E-state index is 0.159. The van der Waals surface area contributed by atoms with Gasteiger partial charge in [-0.2, -0.15) is 0 Å². The van der Waals surface area contributed by atoms with E-state index in [1.165, 1.54) is 48.5 Å². The largest absolute Gasteiger partial charge is 0.650 e. The highest BCUT2D eigenvalue weighted by Gasteiger charge is 2.54. The van der Waals surface area contributed by atoms with Crippen molar-refractivity contribution in [2.24, 2.45) is 0 Å². The lowest BCUT2D eigenvalue weighted by Crippen LogP contribution is -2.62. The van der Waals surface area contributed by atoms with Gasteiger partial charge in [0.25, 0.3) is 5.78 Å². The van der Waals surface area contributed by atoms with Crippen molar-refractivity contribution in [3.05, 3.63) is 166 Å². The highest BCUT2D eigenvalue weighted by atomic mass is 19.2. The summed E-state index contributed by atoms with van der Waals surface area (Å²) >= 11 is 0. The summed E-state index contributed by atoms with van der Waals surface area (Å²) in [7, 11) is 0. The van der Waals surface area contributed by atoms with Crippen molar-refractivity contribution in [2.45, 2.75) is 0 Å². The van der Waals surface area contributed by atoms with Crippen LogP contribution in [0.3, 0.4) is 0 Å². The first-order chi connectivity index (χ1) is 21.5. The Morgan fingerprint density at radius 3 is 1.24 bits per heavy atom. The van der Waals surface area contributed by atoms with Crippen LogP contribution in [0, 0.1) is 52.4 Å². The van der Waals surface area contributed by atoms with E-state index in [0.717, 1.165) is 0 Å². The second-order valence-electron chi connectivity index (χ2n) is 10.1. The molecule has 1 aliphatic rings. The Morgan fingerprint density at radius 2 is 0.822 bits per heavy atom. The summed E-state index contributed by atoms with van der Waals surface area (Å²) in [5.41, 5.74) is -1.43. The lowest BCUT2D eigenvalue weighted by molar-refractivity contribution is -0.123. The van der Waals surface area contributed by atoms with Crippen LogP contribution in [0.25, 0.3) is 11.3 Å². The van der Waals surface area contributed by atoms with Crippen molar-refractivity contribution < 1.29 is 48.5 Å². The van der Waals surface area contributed by atoms with Crippen LogP contribution in [0.5, 0.6) is 0 Å². The topological polar surface area (TPSA) is 20.5 Å². The molecule has 0 aliphatic carbocycles. The highest BCUT2D eigenvalue weighted by molar-refractivity contribution is 6.92. The van der Waals surface area contributed by atoms with Crippen LogP contribution < -0.4 is 10.9 Å². The van der Waals surface area contributed by atoms with Crippen molar-refractivity contribution in [1.29, 1.82) is 0 Å². The lowest BCUT2D eigenvalue weighted by atomic mass is 9.46. The van der Waals surface area contributed by atoms with Gasteiger partial charge < -0.3 is 9.00 Å². The van der Waals surface area contributed by atoms with Crippen LogP contribution in [0.4, 0.5) is 39.5 Å². The fourth-order valence-corrected chi connectivity index (χ4v) is 5.20. The van der Waals surface area contributed by atoms with Gasteiger partial charge in [0.1, 0.15) is 5.57 Å². The van der Waals surface area contributed by atoms with E-state index in [2.05, 4.69) is 0 Å². The number of allylic oxidation sites excluding steroid dienone is 1. The minimum atomic E-state index is -3.77. The van der Waals surface area contributed by atoms with Crippen LogP contribution in [0.15, 0.2) is 97.1 Å². The van der Waals surface area contributed by atoms with E-state index in [9.17, 15) is 39.5 Å². The molecule has 6 rings (SSSR count). The normalized spacial score (nSPS) is 14.3. The molecule has 1 aliphatic heterocycles. The Bertz CT molecular complexity index is 1900. The summed E-state index contributed by atoms with van der Waals surface area (Å²) in [6.07, 6.45) is 0. The fourth-order valence-electron chi connectivity index (χ4n) is 5.20. The van der Waals surface area contributed by atoms with Gasteiger partial charge in [-0.15, -0.1) is 0 Å². The van der Waals surface area contributed by atoms with Gasteiger partial charge in [-0.3, -0.25) is 0 Å². The van der Waals surface area contributed by atoms with E-state index in [-0.39, 0.29) is 33.8 Å². The average Bonchev–Trinajstić information content (AvgIpc) is 3.04. The molecule has 226 valence electrons. The van der Waals surface area contributed by atoms with Gasteiger partial charge in [-0.25, -0.2) is 39.5 Å². The molecule has 0 radical (unpaired) electrons. The molecule has 0 fully saturated rings. The summed E-state index contributed by atoms with van der Waals surface area (Å²) < 4.78 is 143. The van der Waals surface area contributed by atoms with Gasteiger partial charge in [0.2, 0.25) is 0 Å². The van der Waals surface area contributed by atoms with Crippen LogP contribution in [0.1, 0.15) is 21.0 Å². The van der Waals surface area contributed by atoms with Gasteiger partial charge in [0.15, 0.2) is 52.4 Å². The molecule has 5 aromatic carbocycles. The number of carbonyl (C=O) groups excluding carboxylic acids is 1. The van der Waals surface area contributed by atoms with Gasteiger partial charge in [0, 0.05) is 11.1 Å². The van der Waals surface area contributed by atoms with E-state index >= 15 is 0 Å². The van der Waals surface area contributed by atoms with Crippen LogP contribution in [-0.4, -0.2) is 12.3 Å². The molecule has 0 saturated heterocycles. The molecule has 0 unspecified atom stereocenters. The zero-order valence-corrected chi connectivity index (χ0v) is 22.5. The van der Waals surface area contributed by atoms with Crippen LogP contribution in [0.2, 0.25) is 0 Å². The maximum atomic E-state index is 14.8. The smallest absolute Gasteiger partial charge is 0.625 e. The van der Waals surface area contributed by atoms with E-state index < -0.39 is 69.8 Å². The Kier molecular flexibility index (Phi) is 7.51. The lowest BCUT2D eigenvalue weighted by Gasteiger charge is -2.36. The maximum Gasteiger partial charge on any atom is 0.650 e. The van der Waals surface area contributed by atoms with Crippen LogP contribution in [-0.2, 0) is 4.65 Å². The third-order valence-corrected chi connectivity index (χ3v) is 7.26. The number of hydrogen-bond acceptors (Lipinski definition) is 1. The minimum Gasteiger partial charge on any atom is -0.625 e. The second kappa shape index (κ2) is 11.3. The maximum absolute atomic E-state index is 14.8. The first-order valence-electron chi connectivity index (χ1n) is 13.2. The van der Waals surface area contributed by atoms with Gasteiger partial charge in [-0.05, 0) is 59.5 Å². The fraction of sp³-hybridized carbons (Fsp3) is 0. The number of benzene rings is 5. The molecule has 0 spiro atoms. The summed E-state index contributed by atoms with van der Waals surface area (Å²) in [5.74, 6) is -16.2. The molecular formula is C33H16BF9O2. The van der Waals surface area contributed by atoms with Crippen molar-refractivity contribution in [3.8, 4) is 0 Å². The Morgan fingerprint density at radius 1 is 0.444 bits per heavy atom. The van der Waals surface area contributed by atoms with E-state index in [0.29, 0.717) is 36.4 Å². The summed E-state index contributed by atoms with van der Waals surface area (Å²) in [6.45, 7) is -3.77. The Labute approximate surface area is 249 Å². The molecule has 0 bridgehead atoms. The van der Waals surface area contributed by atoms with Crippen molar-refractivity contribution in [2.75, 3.05) is 0 Å². The molecule has 0 N–H and O–H groups in total. The van der Waals surface area contributed by atoms with Crippen LogP contribution >= 0.6 is 0 Å². The monoisotopic (exact) mass is 626 g/mol. The zero-order valence-electron chi connectivity index (χ0n) is 22.5. The van der Waals surface area contributed by atoms with E-state index in [1.54, 1.807) is 12.1 Å². The van der Waals surface area contributed by atoms with E-state index in [4.69, 9.17) is 9.00 Å². The molecule has 0 aromatic heterocycles. The van der Waals surface area contributed by atoms with Crippen molar-refractivity contribution >= 4 is 34.6 Å². The Balaban J connectivity index is 1.79. The van der Waals surface area contributed by atoms with Crippen molar-refractivity contribution in [1.82, 2.24) is 0 Å². The third-order valence-electron chi connectivity index (χ3n) is 7.26. The van der Waals surface area contributed by atoms with E-state index in [1.807, 2.05) is 0 Å². The summed E-state index contributed by atoms with van der Waals surface area (Å²) in [6, 6.07) is 18.5. The predicted octanol–water partition coefficient (Wildman–Crippen LogP) is 7.51. The third kappa shape index (κ3) is 5.15. The molecule has 0 saturated carbocycles. The van der Waals surface area contributed by atoms with Gasteiger partial charge in [-0.1, -0.05) is 48.5 Å². The molecule has 45 heavy (non-hydrogen) atoms. The number of hydrogen-bond donors (Lipinski definition) is 0. The first kappa shape index (κ1) is 29.8. The summed E-state index contributed by atoms with van der Waals surface area (Å²) in [5, 5.41) is 0. The standard InChI is InChI=1S/C33H16BF9O2/c35-22-11-19(12-23(36)29(22)41)28-32(17-7-3-1-4-8-17)44-34(20-13-24(37)30(42)25(38)14-20,21-15-26(39)31(43)27(40)16-21)45-33(28)18-9-5-2-6-10-18/h1-16H. The predicted molar refractivity (Wildman–Crippen MR) is 149 cm³/mol. The quantitative estimate of drug-likeness (QED) is 0.0857. The molecule has 5 aromatic rings. The molecule has 0 amide bonds. The SMILES string of the molecule is Fc1cc(C2=C(c3ccccc3)O[B-](c3cc(F)c(F)c(F)c3)(c3cc(F)c(F)c(F)c3)[O+]=C2c2ccccc2)cc(F)c1F. The molecule has 1 heterocycles. The van der Waals surface area contributed by atoms with Gasteiger partial charge in [0.05, 0.1) is 11.3 Å². The van der Waals surface area contributed by atoms with Crippen molar-refractivity contribution in [3.63, 3.8) is 0 Å². The highest BCUT2D eigenvalue weighted by Crippen LogP contribution is 2.38. The molecule has 0 atom stereocenters. The summed E-state index contributed by atoms with van der Waals surface area (Å²) in [4.78, 5) is 0. The first-order valence-corrected chi connectivity index (χ1v) is 13.2.